The first-order valence-electron chi connectivity index (χ1n) is 7.06. The third kappa shape index (κ3) is 7.21. The van der Waals surface area contributed by atoms with Gasteiger partial charge in [-0.25, -0.2) is 4.79 Å². The monoisotopic (exact) mass is 282 g/mol. The molecule has 0 saturated heterocycles. The molecule has 0 fully saturated rings. The van der Waals surface area contributed by atoms with E-state index in [1.807, 2.05) is 13.0 Å². The van der Waals surface area contributed by atoms with Crippen molar-refractivity contribution in [1.29, 1.82) is 0 Å². The van der Waals surface area contributed by atoms with E-state index in [1.54, 1.807) is 11.3 Å². The van der Waals surface area contributed by atoms with Gasteiger partial charge in [0.25, 0.3) is 0 Å². The molecule has 4 heteroatoms. The van der Waals surface area contributed by atoms with Gasteiger partial charge in [0, 0.05) is 23.4 Å². The summed E-state index contributed by atoms with van der Waals surface area (Å²) >= 11 is 1.73. The molecule has 0 spiro atoms. The molecule has 1 heterocycles. The fourth-order valence-electron chi connectivity index (χ4n) is 1.93. The van der Waals surface area contributed by atoms with Crippen LogP contribution in [-0.2, 0) is 6.42 Å². The topological polar surface area (TPSA) is 41.1 Å². The lowest BCUT2D eigenvalue weighted by atomic mass is 10.0. The first kappa shape index (κ1) is 16.0. The van der Waals surface area contributed by atoms with Crippen molar-refractivity contribution in [3.05, 3.63) is 22.4 Å². The van der Waals surface area contributed by atoms with E-state index in [2.05, 4.69) is 42.9 Å². The summed E-state index contributed by atoms with van der Waals surface area (Å²) in [7, 11) is 0. The van der Waals surface area contributed by atoms with Crippen LogP contribution in [0.15, 0.2) is 17.5 Å². The first-order valence-corrected chi connectivity index (χ1v) is 7.94. The third-order valence-corrected chi connectivity index (χ3v) is 3.92. The fourth-order valence-corrected chi connectivity index (χ4v) is 2.76. The Kier molecular flexibility index (Phi) is 6.92. The van der Waals surface area contributed by atoms with Gasteiger partial charge in [0.2, 0.25) is 0 Å². The molecule has 1 aromatic rings. The predicted molar refractivity (Wildman–Crippen MR) is 82.7 cm³/mol. The number of amides is 2. The second-order valence-electron chi connectivity index (χ2n) is 5.67. The number of carbonyl (C=O) groups is 1. The lowest BCUT2D eigenvalue weighted by Gasteiger charge is -2.18. The third-order valence-electron chi connectivity index (χ3n) is 3.02. The number of hydrogen-bond acceptors (Lipinski definition) is 2. The summed E-state index contributed by atoms with van der Waals surface area (Å²) in [6.45, 7) is 8.51. The van der Waals surface area contributed by atoms with Crippen LogP contribution in [0.1, 0.15) is 45.4 Å². The van der Waals surface area contributed by atoms with Gasteiger partial charge in [-0.1, -0.05) is 19.9 Å². The molecular formula is C15H26N2OS. The molecule has 3 nitrogen and oxygen atoms in total. The van der Waals surface area contributed by atoms with E-state index < -0.39 is 0 Å². The van der Waals surface area contributed by atoms with Crippen LogP contribution in [0.3, 0.4) is 0 Å². The Morgan fingerprint density at radius 3 is 2.42 bits per heavy atom. The first-order chi connectivity index (χ1) is 8.97. The van der Waals surface area contributed by atoms with E-state index in [1.165, 1.54) is 4.88 Å². The van der Waals surface area contributed by atoms with Crippen molar-refractivity contribution < 1.29 is 4.79 Å². The van der Waals surface area contributed by atoms with Crippen molar-refractivity contribution in [2.24, 2.45) is 5.92 Å². The number of nitrogens with one attached hydrogen (secondary N) is 2. The maximum absolute atomic E-state index is 11.8. The molecule has 0 saturated carbocycles. The highest BCUT2D eigenvalue weighted by Gasteiger charge is 2.11. The molecule has 19 heavy (non-hydrogen) atoms. The van der Waals surface area contributed by atoms with E-state index in [0.717, 1.165) is 19.3 Å². The second-order valence-corrected chi connectivity index (χ2v) is 6.71. The molecule has 108 valence electrons. The lowest BCUT2D eigenvalue weighted by Crippen LogP contribution is -2.45. The maximum Gasteiger partial charge on any atom is 0.315 e. The number of carbonyl (C=O) groups excluding carboxylic acids is 1. The van der Waals surface area contributed by atoms with Gasteiger partial charge in [-0.15, -0.1) is 11.3 Å². The number of thiophene rings is 1. The van der Waals surface area contributed by atoms with Crippen molar-refractivity contribution in [1.82, 2.24) is 10.6 Å². The highest BCUT2D eigenvalue weighted by Crippen LogP contribution is 2.11. The van der Waals surface area contributed by atoms with Crippen molar-refractivity contribution in [3.63, 3.8) is 0 Å². The molecule has 0 aliphatic heterocycles. The molecule has 0 bridgehead atoms. The minimum atomic E-state index is -0.0553. The SMILES string of the molecule is CC(C)CCC(C)NC(=O)NC(C)Cc1cccs1. The van der Waals surface area contributed by atoms with Gasteiger partial charge in [0.05, 0.1) is 0 Å². The van der Waals surface area contributed by atoms with E-state index in [0.29, 0.717) is 5.92 Å². The number of urea groups is 1. The predicted octanol–water partition coefficient (Wildman–Crippen LogP) is 3.80. The molecule has 0 aromatic carbocycles. The van der Waals surface area contributed by atoms with Crippen LogP contribution in [0.25, 0.3) is 0 Å². The summed E-state index contributed by atoms with van der Waals surface area (Å²) in [4.78, 5) is 13.1. The fraction of sp³-hybridized carbons (Fsp3) is 0.667. The van der Waals surface area contributed by atoms with Crippen LogP contribution in [0.5, 0.6) is 0 Å². The van der Waals surface area contributed by atoms with Crippen LogP contribution in [0.4, 0.5) is 4.79 Å². The largest absolute Gasteiger partial charge is 0.336 e. The summed E-state index contributed by atoms with van der Waals surface area (Å²) in [5, 5.41) is 8.06. The molecule has 2 unspecified atom stereocenters. The van der Waals surface area contributed by atoms with Gasteiger partial charge in [0.1, 0.15) is 0 Å². The van der Waals surface area contributed by atoms with Gasteiger partial charge in [0.15, 0.2) is 0 Å². The zero-order valence-corrected chi connectivity index (χ0v) is 13.2. The van der Waals surface area contributed by atoms with Gasteiger partial charge < -0.3 is 10.6 Å². The molecule has 1 aromatic heterocycles. The summed E-state index contributed by atoms with van der Waals surface area (Å²) in [6.07, 6.45) is 3.07. The lowest BCUT2D eigenvalue weighted by molar-refractivity contribution is 0.233. The van der Waals surface area contributed by atoms with Gasteiger partial charge in [-0.05, 0) is 44.1 Å². The zero-order chi connectivity index (χ0) is 14.3. The Morgan fingerprint density at radius 2 is 1.84 bits per heavy atom. The minimum Gasteiger partial charge on any atom is -0.336 e. The Balaban J connectivity index is 2.22. The quantitative estimate of drug-likeness (QED) is 0.784. The Hall–Kier alpha value is -1.03. The molecule has 0 aliphatic rings. The Morgan fingerprint density at radius 1 is 1.16 bits per heavy atom. The van der Waals surface area contributed by atoms with Gasteiger partial charge in [-0.3, -0.25) is 0 Å². The number of rotatable bonds is 7. The smallest absolute Gasteiger partial charge is 0.315 e. The van der Waals surface area contributed by atoms with E-state index in [-0.39, 0.29) is 18.1 Å². The molecule has 2 N–H and O–H groups in total. The van der Waals surface area contributed by atoms with Crippen LogP contribution < -0.4 is 10.6 Å². The van der Waals surface area contributed by atoms with Crippen molar-refractivity contribution in [2.45, 2.75) is 59.0 Å². The molecule has 1 rings (SSSR count). The van der Waals surface area contributed by atoms with E-state index in [9.17, 15) is 4.79 Å². The maximum atomic E-state index is 11.8. The summed E-state index contributed by atoms with van der Waals surface area (Å²) in [6, 6.07) is 4.49. The zero-order valence-electron chi connectivity index (χ0n) is 12.4. The van der Waals surface area contributed by atoms with Crippen LogP contribution >= 0.6 is 11.3 Å². The van der Waals surface area contributed by atoms with Gasteiger partial charge in [-0.2, -0.15) is 0 Å². The molecule has 0 radical (unpaired) electrons. The standard InChI is InChI=1S/C15H26N2OS/c1-11(2)7-8-12(3)16-15(18)17-13(4)10-14-6-5-9-19-14/h5-6,9,11-13H,7-8,10H2,1-4H3,(H2,16,17,18). The highest BCUT2D eigenvalue weighted by atomic mass is 32.1. The van der Waals surface area contributed by atoms with Crippen molar-refractivity contribution in [2.75, 3.05) is 0 Å². The van der Waals surface area contributed by atoms with Crippen molar-refractivity contribution >= 4 is 17.4 Å². The molecule has 0 aliphatic carbocycles. The normalized spacial score (nSPS) is 14.2. The van der Waals surface area contributed by atoms with Gasteiger partial charge >= 0.3 is 6.03 Å². The van der Waals surface area contributed by atoms with Crippen LogP contribution in [0, 0.1) is 5.92 Å². The summed E-state index contributed by atoms with van der Waals surface area (Å²) in [5.74, 6) is 0.685. The molecule has 2 atom stereocenters. The average molecular weight is 282 g/mol. The molecule has 2 amide bonds. The second kappa shape index (κ2) is 8.20. The summed E-state index contributed by atoms with van der Waals surface area (Å²) < 4.78 is 0. The van der Waals surface area contributed by atoms with Crippen molar-refractivity contribution in [3.8, 4) is 0 Å². The highest BCUT2D eigenvalue weighted by molar-refractivity contribution is 7.09. The van der Waals surface area contributed by atoms with E-state index in [4.69, 9.17) is 0 Å². The average Bonchev–Trinajstić information content (AvgIpc) is 2.78. The summed E-state index contributed by atoms with van der Waals surface area (Å²) in [5.41, 5.74) is 0. The molecular weight excluding hydrogens is 256 g/mol. The van der Waals surface area contributed by atoms with E-state index >= 15 is 0 Å². The minimum absolute atomic E-state index is 0.0553. The van der Waals surface area contributed by atoms with Crippen LogP contribution in [-0.4, -0.2) is 18.1 Å². The number of hydrogen-bond donors (Lipinski definition) is 2. The Bertz CT molecular complexity index is 362. The van der Waals surface area contributed by atoms with Crippen LogP contribution in [0.2, 0.25) is 0 Å². The Labute approximate surface area is 120 Å².